The fourth-order valence-electron chi connectivity index (χ4n) is 4.19. The fourth-order valence-corrected chi connectivity index (χ4v) is 4.61. The quantitative estimate of drug-likeness (QED) is 0.547. The minimum atomic E-state index is -4.60. The van der Waals surface area contributed by atoms with Crippen LogP contribution in [-0.2, 0) is 15.8 Å². The van der Waals surface area contributed by atoms with Gasteiger partial charge in [0.25, 0.3) is 0 Å². The molecule has 0 radical (unpaired) electrons. The van der Waals surface area contributed by atoms with Crippen LogP contribution in [-0.4, -0.2) is 11.7 Å². The van der Waals surface area contributed by atoms with E-state index in [0.717, 1.165) is 21.0 Å². The number of allylic oxidation sites excluding steroid dienone is 2. The van der Waals surface area contributed by atoms with Crippen molar-refractivity contribution in [3.8, 4) is 0 Å². The van der Waals surface area contributed by atoms with Crippen LogP contribution in [0.3, 0.4) is 0 Å². The molecule has 2 aromatic rings. The maximum absolute atomic E-state index is 13.6. The molecule has 1 amide bonds. The third-order valence-electron chi connectivity index (χ3n) is 5.38. The minimum absolute atomic E-state index is 0.0484. The molecule has 150 valence electrons. The number of halogens is 4. The average Bonchev–Trinajstić information content (AvgIpc) is 2.67. The Hall–Kier alpha value is -2.41. The first-order valence-corrected chi connectivity index (χ1v) is 10.1. The van der Waals surface area contributed by atoms with Crippen molar-refractivity contribution in [1.82, 2.24) is 0 Å². The van der Waals surface area contributed by atoms with Crippen LogP contribution >= 0.6 is 15.9 Å². The van der Waals surface area contributed by atoms with Crippen molar-refractivity contribution in [3.63, 3.8) is 0 Å². The molecule has 1 aliphatic carbocycles. The Balaban J connectivity index is 1.91. The van der Waals surface area contributed by atoms with Crippen molar-refractivity contribution in [2.45, 2.75) is 37.8 Å². The first-order valence-electron chi connectivity index (χ1n) is 9.28. The number of rotatable bonds is 2. The third kappa shape index (κ3) is 3.64. The maximum Gasteiger partial charge on any atom is 0.418 e. The number of hydrogen-bond donors (Lipinski definition) is 0. The van der Waals surface area contributed by atoms with E-state index in [-0.39, 0.29) is 17.9 Å². The summed E-state index contributed by atoms with van der Waals surface area (Å²) < 4.78 is 41.6. The zero-order chi connectivity index (χ0) is 20.8. The fraction of sp³-hybridized carbons (Fsp3) is 0.273. The van der Waals surface area contributed by atoms with Gasteiger partial charge in [-0.1, -0.05) is 40.2 Å². The summed E-state index contributed by atoms with van der Waals surface area (Å²) in [5.74, 6) is -0.976. The van der Waals surface area contributed by atoms with Crippen LogP contribution in [0.5, 0.6) is 0 Å². The highest BCUT2D eigenvalue weighted by Crippen LogP contribution is 2.46. The summed E-state index contributed by atoms with van der Waals surface area (Å²) in [6, 6.07) is 12.4. The molecule has 0 saturated carbocycles. The number of nitrogens with zero attached hydrogens (tertiary/aromatic N) is 1. The summed E-state index contributed by atoms with van der Waals surface area (Å²) in [4.78, 5) is 27.1. The Morgan fingerprint density at radius 1 is 1.00 bits per heavy atom. The number of ketones is 1. The Bertz CT molecular complexity index is 1030. The molecular weight excluding hydrogens is 447 g/mol. The Morgan fingerprint density at radius 3 is 2.48 bits per heavy atom. The zero-order valence-electron chi connectivity index (χ0n) is 15.3. The smallest absolute Gasteiger partial charge is 0.294 e. The van der Waals surface area contributed by atoms with Gasteiger partial charge in [0.15, 0.2) is 5.78 Å². The third-order valence-corrected chi connectivity index (χ3v) is 5.87. The predicted octanol–water partition coefficient (Wildman–Crippen LogP) is 6.00. The highest BCUT2D eigenvalue weighted by Gasteiger charge is 2.43. The molecule has 29 heavy (non-hydrogen) atoms. The first kappa shape index (κ1) is 19.9. The summed E-state index contributed by atoms with van der Waals surface area (Å²) in [5, 5.41) is 0. The molecule has 0 bridgehead atoms. The van der Waals surface area contributed by atoms with E-state index in [0.29, 0.717) is 30.5 Å². The molecule has 3 nitrogen and oxygen atoms in total. The topological polar surface area (TPSA) is 37.4 Å². The number of anilines is 1. The second-order valence-electron chi connectivity index (χ2n) is 7.19. The number of Topliss-reactive ketones (excluding diaryl/α,β-unsaturated/α-hetero) is 1. The Kier molecular flexibility index (Phi) is 5.11. The van der Waals surface area contributed by atoms with E-state index < -0.39 is 23.6 Å². The van der Waals surface area contributed by atoms with Crippen LogP contribution in [0.15, 0.2) is 64.3 Å². The van der Waals surface area contributed by atoms with Gasteiger partial charge in [0.1, 0.15) is 0 Å². The Morgan fingerprint density at radius 2 is 1.76 bits per heavy atom. The second-order valence-corrected chi connectivity index (χ2v) is 8.11. The molecule has 4 rings (SSSR count). The van der Waals surface area contributed by atoms with E-state index in [1.807, 2.05) is 24.3 Å². The van der Waals surface area contributed by atoms with Gasteiger partial charge in [0.2, 0.25) is 5.91 Å². The van der Waals surface area contributed by atoms with Gasteiger partial charge in [-0.2, -0.15) is 13.2 Å². The second kappa shape index (κ2) is 7.44. The van der Waals surface area contributed by atoms with E-state index in [1.165, 1.54) is 18.2 Å². The summed E-state index contributed by atoms with van der Waals surface area (Å²) in [7, 11) is 0. The summed E-state index contributed by atoms with van der Waals surface area (Å²) in [6.45, 7) is 0. The molecule has 0 N–H and O–H groups in total. The molecule has 0 spiro atoms. The molecule has 1 unspecified atom stereocenters. The molecule has 1 heterocycles. The van der Waals surface area contributed by atoms with Crippen molar-refractivity contribution in [3.05, 3.63) is 75.4 Å². The van der Waals surface area contributed by atoms with E-state index in [1.54, 1.807) is 0 Å². The maximum atomic E-state index is 13.6. The number of carbonyl (C=O) groups excluding carboxylic acids is 2. The molecule has 2 aromatic carbocycles. The molecule has 0 aromatic heterocycles. The van der Waals surface area contributed by atoms with Gasteiger partial charge < -0.3 is 0 Å². The summed E-state index contributed by atoms with van der Waals surface area (Å²) in [5.41, 5.74) is 0.586. The van der Waals surface area contributed by atoms with Crippen LogP contribution < -0.4 is 4.90 Å². The van der Waals surface area contributed by atoms with Crippen LogP contribution in [0.4, 0.5) is 18.9 Å². The summed E-state index contributed by atoms with van der Waals surface area (Å²) >= 11 is 3.41. The SMILES string of the molecule is O=C1CCCC2=C1C(c1cccc(Br)c1)CC(=O)N2c1ccccc1C(F)(F)F. The monoisotopic (exact) mass is 463 g/mol. The van der Waals surface area contributed by atoms with Gasteiger partial charge in [-0.25, -0.2) is 0 Å². The molecule has 1 aliphatic heterocycles. The van der Waals surface area contributed by atoms with Crippen molar-refractivity contribution in [1.29, 1.82) is 0 Å². The lowest BCUT2D eigenvalue weighted by Crippen LogP contribution is -2.41. The number of para-hydroxylation sites is 1. The minimum Gasteiger partial charge on any atom is -0.294 e. The largest absolute Gasteiger partial charge is 0.418 e. The number of alkyl halides is 3. The highest BCUT2D eigenvalue weighted by molar-refractivity contribution is 9.10. The number of hydrogen-bond acceptors (Lipinski definition) is 2. The van der Waals surface area contributed by atoms with Gasteiger partial charge >= 0.3 is 6.18 Å². The molecule has 7 heteroatoms. The standard InChI is InChI=1S/C22H17BrF3NO2/c23-14-6-3-5-13(11-14)15-12-20(29)27(18-9-4-10-19(28)21(15)18)17-8-2-1-7-16(17)22(24,25)26/h1-3,5-8,11,15H,4,9-10,12H2. The van der Waals surface area contributed by atoms with Crippen LogP contribution in [0, 0.1) is 0 Å². The zero-order valence-corrected chi connectivity index (χ0v) is 16.9. The molecule has 0 saturated heterocycles. The lowest BCUT2D eigenvalue weighted by atomic mass is 9.77. The predicted molar refractivity (Wildman–Crippen MR) is 106 cm³/mol. The van der Waals surface area contributed by atoms with Crippen LogP contribution in [0.2, 0.25) is 0 Å². The van der Waals surface area contributed by atoms with Gasteiger partial charge in [-0.05, 0) is 42.7 Å². The average molecular weight is 464 g/mol. The van der Waals surface area contributed by atoms with Crippen molar-refractivity contribution in [2.24, 2.45) is 0 Å². The van der Waals surface area contributed by atoms with E-state index >= 15 is 0 Å². The van der Waals surface area contributed by atoms with E-state index in [9.17, 15) is 22.8 Å². The van der Waals surface area contributed by atoms with Crippen LogP contribution in [0.1, 0.15) is 42.7 Å². The van der Waals surface area contributed by atoms with Crippen molar-refractivity contribution >= 4 is 33.3 Å². The van der Waals surface area contributed by atoms with Gasteiger partial charge in [-0.3, -0.25) is 14.5 Å². The molecule has 1 atom stereocenters. The van der Waals surface area contributed by atoms with E-state index in [2.05, 4.69) is 15.9 Å². The number of carbonyl (C=O) groups is 2. The van der Waals surface area contributed by atoms with Crippen molar-refractivity contribution < 1.29 is 22.8 Å². The lowest BCUT2D eigenvalue weighted by Gasteiger charge is -2.39. The van der Waals surface area contributed by atoms with Gasteiger partial charge in [0.05, 0.1) is 11.3 Å². The molecule has 2 aliphatic rings. The lowest BCUT2D eigenvalue weighted by molar-refractivity contribution is -0.137. The highest BCUT2D eigenvalue weighted by atomic mass is 79.9. The normalized spacial score (nSPS) is 20.1. The summed E-state index contributed by atoms with van der Waals surface area (Å²) in [6.07, 6.45) is -3.40. The first-order chi connectivity index (χ1) is 13.8. The van der Waals surface area contributed by atoms with Crippen LogP contribution in [0.25, 0.3) is 0 Å². The Labute approximate surface area is 174 Å². The number of amides is 1. The van der Waals surface area contributed by atoms with Crippen molar-refractivity contribution in [2.75, 3.05) is 4.90 Å². The molecule has 0 fully saturated rings. The van der Waals surface area contributed by atoms with E-state index in [4.69, 9.17) is 0 Å². The molecular formula is C22H17BrF3NO2. The number of benzene rings is 2. The van der Waals surface area contributed by atoms with Gasteiger partial charge in [0, 0.05) is 34.5 Å². The van der Waals surface area contributed by atoms with Gasteiger partial charge in [-0.15, -0.1) is 0 Å².